The lowest BCUT2D eigenvalue weighted by atomic mass is 9.97. The largest absolute Gasteiger partial charge is 0.214 e. The summed E-state index contributed by atoms with van der Waals surface area (Å²) in [6.07, 6.45) is 2.46. The fourth-order valence-corrected chi connectivity index (χ4v) is 5.38. The molecule has 3 rings (SSSR count). The van der Waals surface area contributed by atoms with Crippen LogP contribution in [0.25, 0.3) is 0 Å². The van der Waals surface area contributed by atoms with Crippen molar-refractivity contribution < 1.29 is 8.42 Å². The van der Waals surface area contributed by atoms with E-state index in [-0.39, 0.29) is 5.75 Å². The number of rotatable bonds is 5. The van der Waals surface area contributed by atoms with Gasteiger partial charge in [0.15, 0.2) is 0 Å². The Bertz CT molecular complexity index is 673. The Morgan fingerprint density at radius 3 is 2.41 bits per heavy atom. The number of piperidine rings is 1. The maximum atomic E-state index is 12.5. The average Bonchev–Trinajstić information content (AvgIpc) is 3.09. The summed E-state index contributed by atoms with van der Waals surface area (Å²) in [5.74, 6) is 0.737. The monoisotopic (exact) mass is 335 g/mol. The Morgan fingerprint density at radius 1 is 1.05 bits per heavy atom. The third-order valence-corrected chi connectivity index (χ3v) is 7.19. The summed E-state index contributed by atoms with van der Waals surface area (Å²) in [5.41, 5.74) is 1.08. The molecule has 0 saturated carbocycles. The summed E-state index contributed by atoms with van der Waals surface area (Å²) in [7, 11) is -3.14. The molecule has 118 valence electrons. The van der Waals surface area contributed by atoms with Gasteiger partial charge >= 0.3 is 0 Å². The number of sulfonamides is 1. The van der Waals surface area contributed by atoms with Gasteiger partial charge in [-0.05, 0) is 42.2 Å². The van der Waals surface area contributed by atoms with E-state index in [2.05, 4.69) is 17.5 Å². The molecular weight excluding hydrogens is 314 g/mol. The second-order valence-electron chi connectivity index (χ2n) is 5.74. The highest BCUT2D eigenvalue weighted by Crippen LogP contribution is 2.31. The van der Waals surface area contributed by atoms with Crippen molar-refractivity contribution in [2.45, 2.75) is 25.2 Å². The van der Waals surface area contributed by atoms with Crippen molar-refractivity contribution in [3.05, 3.63) is 58.3 Å². The lowest BCUT2D eigenvalue weighted by Crippen LogP contribution is -2.39. The highest BCUT2D eigenvalue weighted by Gasteiger charge is 2.28. The molecule has 0 spiro atoms. The van der Waals surface area contributed by atoms with Crippen LogP contribution in [0.4, 0.5) is 0 Å². The van der Waals surface area contributed by atoms with Crippen molar-refractivity contribution in [2.75, 3.05) is 18.8 Å². The molecule has 0 unspecified atom stereocenters. The molecule has 5 heteroatoms. The van der Waals surface area contributed by atoms with Gasteiger partial charge in [-0.2, -0.15) is 0 Å². The van der Waals surface area contributed by atoms with Crippen molar-refractivity contribution in [1.29, 1.82) is 0 Å². The third kappa shape index (κ3) is 3.77. The van der Waals surface area contributed by atoms with Crippen LogP contribution in [-0.2, 0) is 16.4 Å². The van der Waals surface area contributed by atoms with E-state index in [9.17, 15) is 8.42 Å². The van der Waals surface area contributed by atoms with Gasteiger partial charge in [-0.25, -0.2) is 12.7 Å². The minimum absolute atomic E-state index is 0.209. The van der Waals surface area contributed by atoms with Gasteiger partial charge in [0, 0.05) is 18.0 Å². The van der Waals surface area contributed by atoms with Gasteiger partial charge in [0.2, 0.25) is 10.0 Å². The lowest BCUT2D eigenvalue weighted by molar-refractivity contribution is 0.321. The molecule has 0 atom stereocenters. The Kier molecular flexibility index (Phi) is 4.96. The SMILES string of the molecule is O=S(=O)(CCc1ccccc1)N1CCC(c2cccs2)CC1. The van der Waals surface area contributed by atoms with Gasteiger partial charge in [0.05, 0.1) is 5.75 Å². The maximum absolute atomic E-state index is 12.5. The van der Waals surface area contributed by atoms with E-state index < -0.39 is 10.0 Å². The number of hydrogen-bond acceptors (Lipinski definition) is 3. The second kappa shape index (κ2) is 6.94. The smallest absolute Gasteiger partial charge is 0.212 e. The summed E-state index contributed by atoms with van der Waals surface area (Å²) in [6.45, 7) is 1.30. The predicted molar refractivity (Wildman–Crippen MR) is 91.8 cm³/mol. The first-order chi connectivity index (χ1) is 10.6. The third-order valence-electron chi connectivity index (χ3n) is 4.28. The molecule has 1 aliphatic heterocycles. The van der Waals surface area contributed by atoms with E-state index >= 15 is 0 Å². The quantitative estimate of drug-likeness (QED) is 0.838. The Hall–Kier alpha value is -1.17. The molecule has 1 aliphatic rings. The van der Waals surface area contributed by atoms with Gasteiger partial charge in [-0.15, -0.1) is 11.3 Å². The molecule has 1 saturated heterocycles. The number of aryl methyl sites for hydroxylation is 1. The van der Waals surface area contributed by atoms with Crippen molar-refractivity contribution >= 4 is 21.4 Å². The minimum Gasteiger partial charge on any atom is -0.212 e. The molecule has 0 N–H and O–H groups in total. The Balaban J connectivity index is 1.55. The van der Waals surface area contributed by atoms with Crippen LogP contribution in [0, 0.1) is 0 Å². The van der Waals surface area contributed by atoms with E-state index in [1.54, 1.807) is 15.6 Å². The first-order valence-electron chi connectivity index (χ1n) is 7.70. The van der Waals surface area contributed by atoms with E-state index in [1.807, 2.05) is 30.3 Å². The number of nitrogens with zero attached hydrogens (tertiary/aromatic N) is 1. The molecule has 22 heavy (non-hydrogen) atoms. The summed E-state index contributed by atoms with van der Waals surface area (Å²) in [6, 6.07) is 14.1. The van der Waals surface area contributed by atoms with Gasteiger partial charge in [-0.1, -0.05) is 36.4 Å². The topological polar surface area (TPSA) is 37.4 Å². The molecule has 1 fully saturated rings. The number of hydrogen-bond donors (Lipinski definition) is 0. The second-order valence-corrected chi connectivity index (χ2v) is 8.81. The minimum atomic E-state index is -3.14. The zero-order chi connectivity index (χ0) is 15.4. The van der Waals surface area contributed by atoms with Crippen LogP contribution in [-0.4, -0.2) is 31.6 Å². The zero-order valence-corrected chi connectivity index (χ0v) is 14.2. The highest BCUT2D eigenvalue weighted by atomic mass is 32.2. The maximum Gasteiger partial charge on any atom is 0.214 e. The van der Waals surface area contributed by atoms with Crippen molar-refractivity contribution in [2.24, 2.45) is 0 Å². The van der Waals surface area contributed by atoms with E-state index in [0.29, 0.717) is 25.4 Å². The van der Waals surface area contributed by atoms with Crippen molar-refractivity contribution in [3.63, 3.8) is 0 Å². The summed E-state index contributed by atoms with van der Waals surface area (Å²) in [5, 5.41) is 2.10. The molecule has 2 heterocycles. The molecule has 0 bridgehead atoms. The fraction of sp³-hybridized carbons (Fsp3) is 0.412. The van der Waals surface area contributed by atoms with Crippen LogP contribution in [0.2, 0.25) is 0 Å². The first kappa shape index (κ1) is 15.7. The molecule has 2 aromatic rings. The standard InChI is InChI=1S/C17H21NO2S2/c19-22(20,14-10-15-5-2-1-3-6-15)18-11-8-16(9-12-18)17-7-4-13-21-17/h1-7,13,16H,8-12,14H2. The highest BCUT2D eigenvalue weighted by molar-refractivity contribution is 7.89. The van der Waals surface area contributed by atoms with E-state index in [4.69, 9.17) is 0 Å². The normalized spacial score (nSPS) is 17.6. The fourth-order valence-electron chi connectivity index (χ4n) is 2.96. The predicted octanol–water partition coefficient (Wildman–Crippen LogP) is 3.50. The van der Waals surface area contributed by atoms with Gasteiger partial charge in [0.25, 0.3) is 0 Å². The lowest BCUT2D eigenvalue weighted by Gasteiger charge is -2.30. The first-order valence-corrected chi connectivity index (χ1v) is 10.2. The average molecular weight is 335 g/mol. The Labute approximate surface area is 136 Å². The molecule has 0 amide bonds. The molecule has 1 aromatic heterocycles. The summed E-state index contributed by atoms with van der Waals surface area (Å²) in [4.78, 5) is 1.39. The van der Waals surface area contributed by atoms with E-state index in [0.717, 1.165) is 18.4 Å². The van der Waals surface area contributed by atoms with E-state index in [1.165, 1.54) is 4.88 Å². The van der Waals surface area contributed by atoms with Crippen LogP contribution in [0.15, 0.2) is 47.8 Å². The van der Waals surface area contributed by atoms with Crippen LogP contribution < -0.4 is 0 Å². The molecular formula is C17H21NO2S2. The molecule has 0 radical (unpaired) electrons. The summed E-state index contributed by atoms with van der Waals surface area (Å²) < 4.78 is 26.6. The Morgan fingerprint density at radius 2 is 1.77 bits per heavy atom. The van der Waals surface area contributed by atoms with Crippen molar-refractivity contribution in [1.82, 2.24) is 4.31 Å². The van der Waals surface area contributed by atoms with Crippen LogP contribution in [0.3, 0.4) is 0 Å². The zero-order valence-electron chi connectivity index (χ0n) is 12.5. The summed E-state index contributed by atoms with van der Waals surface area (Å²) >= 11 is 1.78. The van der Waals surface area contributed by atoms with Gasteiger partial charge in [-0.3, -0.25) is 0 Å². The number of benzene rings is 1. The molecule has 0 aliphatic carbocycles. The molecule has 1 aromatic carbocycles. The number of thiophene rings is 1. The van der Waals surface area contributed by atoms with Crippen LogP contribution in [0.1, 0.15) is 29.2 Å². The van der Waals surface area contributed by atoms with Crippen molar-refractivity contribution in [3.8, 4) is 0 Å². The van der Waals surface area contributed by atoms with Crippen LogP contribution in [0.5, 0.6) is 0 Å². The van der Waals surface area contributed by atoms with Gasteiger partial charge in [0.1, 0.15) is 0 Å². The van der Waals surface area contributed by atoms with Crippen LogP contribution >= 0.6 is 11.3 Å². The molecule has 3 nitrogen and oxygen atoms in total. The van der Waals surface area contributed by atoms with Gasteiger partial charge < -0.3 is 0 Å².